The van der Waals surface area contributed by atoms with Gasteiger partial charge in [0.25, 0.3) is 0 Å². The minimum atomic E-state index is -0.571. The average molecular weight is 365 g/mol. The molecule has 0 aromatic heterocycles. The molecule has 1 atom stereocenters. The van der Waals surface area contributed by atoms with Crippen LogP contribution in [0.25, 0.3) is 0 Å². The number of hydrogen-bond acceptors (Lipinski definition) is 4. The third-order valence-corrected chi connectivity index (χ3v) is 5.62. The molecule has 4 nitrogen and oxygen atoms in total. The molecule has 1 fully saturated rings. The maximum atomic E-state index is 13.5. The molecule has 1 saturated heterocycles. The van der Waals surface area contributed by atoms with Crippen LogP contribution in [0.3, 0.4) is 0 Å². The molecule has 1 unspecified atom stereocenters. The van der Waals surface area contributed by atoms with Gasteiger partial charge in [-0.3, -0.25) is 9.69 Å². The summed E-state index contributed by atoms with van der Waals surface area (Å²) in [6.45, 7) is 5.34. The number of likely N-dealkylation sites (N-methyl/N-ethyl adjacent to an activating group) is 1. The van der Waals surface area contributed by atoms with Gasteiger partial charge in [-0.1, -0.05) is 37.3 Å². The summed E-state index contributed by atoms with van der Waals surface area (Å²) in [5.74, 6) is 0.132. The molecule has 1 aliphatic rings. The third kappa shape index (κ3) is 4.23. The molecular weight excluding hydrogens is 336 g/mol. The molecule has 0 saturated carbocycles. The van der Waals surface area contributed by atoms with Crippen molar-refractivity contribution in [2.45, 2.75) is 25.3 Å². The molecule has 0 bridgehead atoms. The van der Waals surface area contributed by atoms with Crippen LogP contribution in [0.15, 0.2) is 48.5 Å². The Labute approximate surface area is 162 Å². The monoisotopic (exact) mass is 365 g/mol. The molecule has 1 radical (unpaired) electrons. The largest absolute Gasteiger partial charge is 0.378 e. The number of nitrogens with zero attached hydrogens (tertiary/aromatic N) is 2. The first-order valence-electron chi connectivity index (χ1n) is 9.67. The lowest BCUT2D eigenvalue weighted by Gasteiger charge is -2.38. The number of rotatable bonds is 7. The number of morpholine rings is 1. The normalized spacial score (nSPS) is 17.0. The highest BCUT2D eigenvalue weighted by molar-refractivity contribution is 6.03. The molecule has 4 heteroatoms. The molecule has 27 heavy (non-hydrogen) atoms. The number of Topliss-reactive ketones (excluding diaryl/α,β-unsaturated/α-hetero) is 1. The quantitative estimate of drug-likeness (QED) is 0.704. The maximum absolute atomic E-state index is 13.5. The Morgan fingerprint density at radius 2 is 1.85 bits per heavy atom. The Bertz CT molecular complexity index is 737. The second kappa shape index (κ2) is 8.68. The fraction of sp³-hybridized carbons (Fsp3) is 0.435. The molecule has 2 aromatic carbocycles. The van der Waals surface area contributed by atoms with Gasteiger partial charge in [0, 0.05) is 24.3 Å². The van der Waals surface area contributed by atoms with Crippen molar-refractivity contribution in [3.8, 4) is 0 Å². The second-order valence-corrected chi connectivity index (χ2v) is 7.33. The van der Waals surface area contributed by atoms with E-state index in [9.17, 15) is 4.79 Å². The Morgan fingerprint density at radius 3 is 2.41 bits per heavy atom. The highest BCUT2D eigenvalue weighted by atomic mass is 16.5. The number of benzene rings is 2. The topological polar surface area (TPSA) is 32.8 Å². The van der Waals surface area contributed by atoms with Gasteiger partial charge >= 0.3 is 0 Å². The van der Waals surface area contributed by atoms with Crippen molar-refractivity contribution in [1.29, 1.82) is 0 Å². The van der Waals surface area contributed by atoms with E-state index in [-0.39, 0.29) is 5.78 Å². The van der Waals surface area contributed by atoms with Gasteiger partial charge in [0.1, 0.15) is 0 Å². The van der Waals surface area contributed by atoms with E-state index < -0.39 is 5.54 Å². The summed E-state index contributed by atoms with van der Waals surface area (Å²) in [6.07, 6.45) is 1.43. The molecular formula is C23H29N2O2. The molecule has 1 heterocycles. The number of carbonyl (C=O) groups excluding carboxylic acids is 1. The number of ketones is 1. The predicted molar refractivity (Wildman–Crippen MR) is 109 cm³/mol. The van der Waals surface area contributed by atoms with Crippen LogP contribution in [-0.2, 0) is 11.2 Å². The second-order valence-electron chi connectivity index (χ2n) is 7.33. The summed E-state index contributed by atoms with van der Waals surface area (Å²) in [6, 6.07) is 19.4. The highest BCUT2D eigenvalue weighted by Crippen LogP contribution is 2.28. The SMILES string of the molecule is CCC(Cc1ccccc1)(C(=O)c1[c]cc(N2CCOCC2)cc1)N(C)C. The van der Waals surface area contributed by atoms with E-state index in [0.29, 0.717) is 12.0 Å². The van der Waals surface area contributed by atoms with Gasteiger partial charge in [0.2, 0.25) is 0 Å². The van der Waals surface area contributed by atoms with Crippen molar-refractivity contribution in [2.24, 2.45) is 0 Å². The molecule has 2 aromatic rings. The van der Waals surface area contributed by atoms with Gasteiger partial charge in [-0.15, -0.1) is 0 Å². The van der Waals surface area contributed by atoms with Crippen LogP contribution in [-0.4, -0.2) is 56.6 Å². The summed E-state index contributed by atoms with van der Waals surface area (Å²) >= 11 is 0. The van der Waals surface area contributed by atoms with Crippen molar-refractivity contribution in [2.75, 3.05) is 45.3 Å². The Kier molecular flexibility index (Phi) is 6.30. The lowest BCUT2D eigenvalue weighted by atomic mass is 9.80. The van der Waals surface area contributed by atoms with Crippen molar-refractivity contribution in [1.82, 2.24) is 4.90 Å². The fourth-order valence-electron chi connectivity index (χ4n) is 3.80. The standard InChI is InChI=1S/C23H29N2O2/c1-4-23(24(2)3,18-19-8-6-5-7-9-19)22(26)20-10-12-21(13-11-20)25-14-16-27-17-15-25/h5-10,12-13H,4,14-18H2,1-3H3. The molecule has 0 aliphatic carbocycles. The zero-order valence-electron chi connectivity index (χ0n) is 16.6. The van der Waals surface area contributed by atoms with Gasteiger partial charge in [-0.25, -0.2) is 0 Å². The van der Waals surface area contributed by atoms with E-state index in [4.69, 9.17) is 4.74 Å². The van der Waals surface area contributed by atoms with Gasteiger partial charge in [-0.05, 0) is 56.8 Å². The van der Waals surface area contributed by atoms with Gasteiger partial charge in [0.15, 0.2) is 5.78 Å². The van der Waals surface area contributed by atoms with Crippen LogP contribution in [0.1, 0.15) is 29.3 Å². The zero-order valence-corrected chi connectivity index (χ0v) is 16.6. The van der Waals surface area contributed by atoms with Crippen LogP contribution in [0.5, 0.6) is 0 Å². The summed E-state index contributed by atoms with van der Waals surface area (Å²) in [7, 11) is 3.99. The average Bonchev–Trinajstić information content (AvgIpc) is 2.73. The van der Waals surface area contributed by atoms with Crippen molar-refractivity contribution >= 4 is 11.5 Å². The molecule has 0 spiro atoms. The number of carbonyl (C=O) groups is 1. The van der Waals surface area contributed by atoms with E-state index >= 15 is 0 Å². The Hall–Kier alpha value is -2.17. The van der Waals surface area contributed by atoms with Crippen molar-refractivity contribution < 1.29 is 9.53 Å². The highest BCUT2D eigenvalue weighted by Gasteiger charge is 2.39. The van der Waals surface area contributed by atoms with Crippen LogP contribution in [0, 0.1) is 6.07 Å². The third-order valence-electron chi connectivity index (χ3n) is 5.62. The molecule has 1 aliphatic heterocycles. The first kappa shape index (κ1) is 19.6. The Morgan fingerprint density at radius 1 is 1.15 bits per heavy atom. The fourth-order valence-corrected chi connectivity index (χ4v) is 3.80. The number of ether oxygens (including phenoxy) is 1. The van der Waals surface area contributed by atoms with Crippen molar-refractivity contribution in [3.63, 3.8) is 0 Å². The van der Waals surface area contributed by atoms with E-state index in [1.807, 2.05) is 50.5 Å². The summed E-state index contributed by atoms with van der Waals surface area (Å²) in [5.41, 5.74) is 2.35. The van der Waals surface area contributed by atoms with Crippen LogP contribution in [0.2, 0.25) is 0 Å². The maximum Gasteiger partial charge on any atom is 0.184 e. The summed E-state index contributed by atoms with van der Waals surface area (Å²) in [4.78, 5) is 17.9. The van der Waals surface area contributed by atoms with E-state index in [0.717, 1.165) is 38.4 Å². The Balaban J connectivity index is 1.85. The zero-order chi connectivity index (χ0) is 19.3. The summed E-state index contributed by atoms with van der Waals surface area (Å²) in [5, 5.41) is 0. The molecule has 0 amide bonds. The smallest absolute Gasteiger partial charge is 0.184 e. The van der Waals surface area contributed by atoms with Gasteiger partial charge in [0.05, 0.1) is 18.8 Å². The van der Waals surface area contributed by atoms with E-state index in [1.165, 1.54) is 5.56 Å². The minimum absolute atomic E-state index is 0.132. The van der Waals surface area contributed by atoms with E-state index in [2.05, 4.69) is 34.9 Å². The first-order valence-corrected chi connectivity index (χ1v) is 9.67. The molecule has 143 valence electrons. The first-order chi connectivity index (χ1) is 13.1. The van der Waals surface area contributed by atoms with Crippen LogP contribution < -0.4 is 4.90 Å². The lowest BCUT2D eigenvalue weighted by Crippen LogP contribution is -2.52. The number of anilines is 1. The van der Waals surface area contributed by atoms with Crippen LogP contribution >= 0.6 is 0 Å². The predicted octanol–water partition coefficient (Wildman–Crippen LogP) is 3.46. The molecule has 3 rings (SSSR count). The van der Waals surface area contributed by atoms with E-state index in [1.54, 1.807) is 0 Å². The minimum Gasteiger partial charge on any atom is -0.378 e. The number of hydrogen-bond donors (Lipinski definition) is 0. The summed E-state index contributed by atoms with van der Waals surface area (Å²) < 4.78 is 5.41. The molecule has 0 N–H and O–H groups in total. The van der Waals surface area contributed by atoms with Gasteiger partial charge in [-0.2, -0.15) is 0 Å². The van der Waals surface area contributed by atoms with Crippen molar-refractivity contribution in [3.05, 3.63) is 65.7 Å². The van der Waals surface area contributed by atoms with Gasteiger partial charge < -0.3 is 9.64 Å². The lowest BCUT2D eigenvalue weighted by molar-refractivity contribution is 0.0666. The van der Waals surface area contributed by atoms with Crippen LogP contribution in [0.4, 0.5) is 5.69 Å².